The highest BCUT2D eigenvalue weighted by molar-refractivity contribution is 6.45. The van der Waals surface area contributed by atoms with E-state index < -0.39 is 6.09 Å². The Labute approximate surface area is 171 Å². The van der Waals surface area contributed by atoms with Gasteiger partial charge in [0.15, 0.2) is 0 Å². The van der Waals surface area contributed by atoms with Gasteiger partial charge in [0.2, 0.25) is 17.5 Å². The summed E-state index contributed by atoms with van der Waals surface area (Å²) in [6, 6.07) is 3.37. The molecule has 1 unspecified atom stereocenters. The Morgan fingerprint density at radius 2 is 2.07 bits per heavy atom. The minimum Gasteiger partial charge on any atom is -0.453 e. The third-order valence-electron chi connectivity index (χ3n) is 3.90. The van der Waals surface area contributed by atoms with Crippen molar-refractivity contribution >= 4 is 46.8 Å². The van der Waals surface area contributed by atoms with Gasteiger partial charge in [0.05, 0.1) is 22.7 Å². The van der Waals surface area contributed by atoms with Crippen LogP contribution in [0.2, 0.25) is 15.1 Å². The summed E-state index contributed by atoms with van der Waals surface area (Å²) in [4.78, 5) is 17.4. The molecule has 1 heterocycles. The molecule has 0 saturated carbocycles. The number of nitrogens with one attached hydrogen (secondary N) is 1. The van der Waals surface area contributed by atoms with Crippen LogP contribution in [0, 0.1) is 11.3 Å². The molecule has 7 nitrogen and oxygen atoms in total. The molecule has 2 aromatic rings. The molecule has 27 heavy (non-hydrogen) atoms. The zero-order chi connectivity index (χ0) is 20.3. The van der Waals surface area contributed by atoms with E-state index in [-0.39, 0.29) is 33.6 Å². The molecule has 0 saturated heterocycles. The first-order valence-corrected chi connectivity index (χ1v) is 8.98. The Kier molecular flexibility index (Phi) is 6.95. The number of methoxy groups -OCH3 is 1. The second-order valence-electron chi connectivity index (χ2n) is 5.76. The van der Waals surface area contributed by atoms with Gasteiger partial charge in [-0.15, -0.1) is 0 Å². The van der Waals surface area contributed by atoms with Crippen LogP contribution in [0.4, 0.5) is 10.7 Å². The first-order valence-electron chi connectivity index (χ1n) is 7.85. The number of carbonyl (C=O) groups excluding carboxylic acids is 1. The molecule has 0 radical (unpaired) electrons. The number of oxazole rings is 1. The number of anilines is 1. The maximum atomic E-state index is 11.4. The van der Waals surface area contributed by atoms with E-state index in [2.05, 4.69) is 15.0 Å². The average Bonchev–Trinajstić information content (AvgIpc) is 3.03. The Morgan fingerprint density at radius 1 is 1.41 bits per heavy atom. The Bertz CT molecular complexity index is 906. The van der Waals surface area contributed by atoms with Crippen LogP contribution in [0.25, 0.3) is 11.5 Å². The molecule has 10 heteroatoms. The van der Waals surface area contributed by atoms with Gasteiger partial charge in [-0.2, -0.15) is 10.2 Å². The number of benzene rings is 1. The molecule has 0 aliphatic rings. The lowest BCUT2D eigenvalue weighted by Crippen LogP contribution is -2.20. The van der Waals surface area contributed by atoms with Gasteiger partial charge in [-0.05, 0) is 26.6 Å². The zero-order valence-electron chi connectivity index (χ0n) is 15.1. The lowest BCUT2D eigenvalue weighted by Gasteiger charge is -2.26. The van der Waals surface area contributed by atoms with Crippen LogP contribution in [0.5, 0.6) is 0 Å². The van der Waals surface area contributed by atoms with Crippen molar-refractivity contribution in [3.05, 3.63) is 32.4 Å². The van der Waals surface area contributed by atoms with Crippen LogP contribution in [0.1, 0.15) is 30.6 Å². The summed E-state index contributed by atoms with van der Waals surface area (Å²) < 4.78 is 9.96. The van der Waals surface area contributed by atoms with Crippen molar-refractivity contribution in [1.29, 1.82) is 5.26 Å². The minimum atomic E-state index is -0.802. The van der Waals surface area contributed by atoms with E-state index in [0.29, 0.717) is 16.1 Å². The molecule has 0 aliphatic carbocycles. The Balaban J connectivity index is 2.58. The number of halogens is 3. The molecule has 144 valence electrons. The van der Waals surface area contributed by atoms with Gasteiger partial charge in [0.25, 0.3) is 0 Å². The lowest BCUT2D eigenvalue weighted by atomic mass is 10.0. The van der Waals surface area contributed by atoms with Crippen LogP contribution in [0.3, 0.4) is 0 Å². The Morgan fingerprint density at radius 3 is 2.59 bits per heavy atom. The number of hydrogen-bond acceptors (Lipinski definition) is 6. The number of nitrogens with zero attached hydrogens (tertiary/aromatic N) is 3. The molecule has 1 aromatic carbocycles. The fourth-order valence-corrected chi connectivity index (χ4v) is 3.58. The summed E-state index contributed by atoms with van der Waals surface area (Å²) >= 11 is 19.4. The highest BCUT2D eigenvalue weighted by Gasteiger charge is 2.26. The molecule has 1 aromatic heterocycles. The fourth-order valence-electron chi connectivity index (χ4n) is 2.64. The number of hydrogen-bond donors (Lipinski definition) is 1. The van der Waals surface area contributed by atoms with E-state index in [9.17, 15) is 10.1 Å². The maximum absolute atomic E-state index is 11.4. The molecule has 0 fully saturated rings. The zero-order valence-corrected chi connectivity index (χ0v) is 17.3. The van der Waals surface area contributed by atoms with Crippen LogP contribution in [-0.4, -0.2) is 37.2 Å². The predicted octanol–water partition coefficient (Wildman–Crippen LogP) is 5.36. The van der Waals surface area contributed by atoms with Crippen molar-refractivity contribution in [3.63, 3.8) is 0 Å². The van der Waals surface area contributed by atoms with Crippen LogP contribution >= 0.6 is 34.8 Å². The summed E-state index contributed by atoms with van der Waals surface area (Å²) in [6.07, 6.45) is -0.0316. The van der Waals surface area contributed by atoms with E-state index in [1.807, 2.05) is 32.0 Å². The number of rotatable bonds is 5. The minimum absolute atomic E-state index is 0.00351. The normalized spacial score (nSPS) is 12.0. The second-order valence-corrected chi connectivity index (χ2v) is 6.92. The second kappa shape index (κ2) is 8.81. The van der Waals surface area contributed by atoms with E-state index >= 15 is 0 Å². The van der Waals surface area contributed by atoms with Gasteiger partial charge in [0.1, 0.15) is 6.07 Å². The number of aromatic nitrogens is 1. The molecule has 1 N–H and O–H groups in total. The van der Waals surface area contributed by atoms with Crippen molar-refractivity contribution < 1.29 is 13.9 Å². The summed E-state index contributed by atoms with van der Waals surface area (Å²) in [5.41, 5.74) is 0.862. The molecule has 2 rings (SSSR count). The smallest absolute Gasteiger partial charge is 0.413 e. The average molecular weight is 432 g/mol. The molecule has 0 aliphatic heterocycles. The summed E-state index contributed by atoms with van der Waals surface area (Å²) in [7, 11) is 5.02. The third kappa shape index (κ3) is 4.30. The number of amides is 1. The van der Waals surface area contributed by atoms with Gasteiger partial charge in [-0.1, -0.05) is 41.7 Å². The largest absolute Gasteiger partial charge is 0.453 e. The van der Waals surface area contributed by atoms with Gasteiger partial charge in [-0.3, -0.25) is 5.32 Å². The number of nitriles is 1. The monoisotopic (exact) mass is 430 g/mol. The molecular weight excluding hydrogens is 415 g/mol. The van der Waals surface area contributed by atoms with Crippen molar-refractivity contribution in [1.82, 2.24) is 9.88 Å². The fraction of sp³-hybridized carbons (Fsp3) is 0.353. The molecular formula is C17H17Cl3N4O3. The van der Waals surface area contributed by atoms with Gasteiger partial charge in [0, 0.05) is 16.6 Å². The van der Waals surface area contributed by atoms with Crippen LogP contribution in [0.15, 0.2) is 10.5 Å². The predicted molar refractivity (Wildman–Crippen MR) is 104 cm³/mol. The van der Waals surface area contributed by atoms with E-state index in [0.717, 1.165) is 6.42 Å². The third-order valence-corrected chi connectivity index (χ3v) is 5.10. The summed E-state index contributed by atoms with van der Waals surface area (Å²) in [5, 5.41) is 12.3. The van der Waals surface area contributed by atoms with Gasteiger partial charge in [-0.25, -0.2) is 4.79 Å². The van der Waals surface area contributed by atoms with Gasteiger partial charge >= 0.3 is 6.09 Å². The van der Waals surface area contributed by atoms with E-state index in [4.69, 9.17) is 39.2 Å². The standard InChI is InChI=1S/C17H17Cl3N4O3/c1-5-11(24(2)3)12-9(18)6-8(13(19)14(12)20)15-22-10(7-21)16(27-15)23-17(25)26-4/h6,11H,5H2,1-4H3,(H,23,25). The van der Waals surface area contributed by atoms with E-state index in [1.165, 1.54) is 7.11 Å². The number of ether oxygens (including phenoxy) is 1. The molecule has 1 amide bonds. The van der Waals surface area contributed by atoms with Crippen molar-refractivity contribution in [3.8, 4) is 17.5 Å². The Hall–Kier alpha value is -1.98. The van der Waals surface area contributed by atoms with Crippen molar-refractivity contribution in [2.75, 3.05) is 26.5 Å². The molecule has 0 bridgehead atoms. The highest BCUT2D eigenvalue weighted by Crippen LogP contribution is 2.44. The number of carbonyl (C=O) groups is 1. The maximum Gasteiger partial charge on any atom is 0.413 e. The van der Waals surface area contributed by atoms with Gasteiger partial charge < -0.3 is 14.1 Å². The quantitative estimate of drug-likeness (QED) is 0.640. The van der Waals surface area contributed by atoms with Crippen LogP contribution in [-0.2, 0) is 4.74 Å². The first kappa shape index (κ1) is 21.3. The topological polar surface area (TPSA) is 91.4 Å². The first-order chi connectivity index (χ1) is 12.7. The molecule has 1 atom stereocenters. The summed E-state index contributed by atoms with van der Waals surface area (Å²) in [6.45, 7) is 2.01. The van der Waals surface area contributed by atoms with E-state index in [1.54, 1.807) is 6.07 Å². The van der Waals surface area contributed by atoms with Crippen molar-refractivity contribution in [2.45, 2.75) is 19.4 Å². The molecule has 0 spiro atoms. The summed E-state index contributed by atoms with van der Waals surface area (Å²) in [5.74, 6) is -0.164. The SMILES string of the molecule is CCC(c1c(Cl)cc(-c2nc(C#N)c(NC(=O)OC)o2)c(Cl)c1Cl)N(C)C. The lowest BCUT2D eigenvalue weighted by molar-refractivity contribution is 0.186. The highest BCUT2D eigenvalue weighted by atomic mass is 35.5. The van der Waals surface area contributed by atoms with Crippen molar-refractivity contribution in [2.24, 2.45) is 0 Å². The van der Waals surface area contributed by atoms with Crippen LogP contribution < -0.4 is 5.32 Å².